The third-order valence-electron chi connectivity index (χ3n) is 5.15. The molecule has 0 radical (unpaired) electrons. The first-order valence-corrected chi connectivity index (χ1v) is 8.69. The van der Waals surface area contributed by atoms with Gasteiger partial charge in [0.05, 0.1) is 0 Å². The summed E-state index contributed by atoms with van der Waals surface area (Å²) < 4.78 is 0. The minimum Gasteiger partial charge on any atom is -0.465 e. The molecule has 0 unspecified atom stereocenters. The number of carbonyl (C=O) groups is 1. The topological polar surface area (TPSA) is 47.0 Å². The zero-order chi connectivity index (χ0) is 16.2. The fourth-order valence-corrected chi connectivity index (χ4v) is 3.66. The largest absolute Gasteiger partial charge is 0.465 e. The van der Waals surface area contributed by atoms with Crippen molar-refractivity contribution < 1.29 is 9.90 Å². The summed E-state index contributed by atoms with van der Waals surface area (Å²) in [7, 11) is 0. The van der Waals surface area contributed by atoms with E-state index in [0.717, 1.165) is 19.6 Å². The van der Waals surface area contributed by atoms with Crippen LogP contribution in [-0.2, 0) is 6.54 Å². The molecule has 5 nitrogen and oxygen atoms in total. The van der Waals surface area contributed by atoms with Crippen LogP contribution in [0.1, 0.15) is 30.4 Å². The third kappa shape index (κ3) is 3.78. The second kappa shape index (κ2) is 7.21. The van der Waals surface area contributed by atoms with E-state index in [9.17, 15) is 4.79 Å². The molecule has 2 saturated heterocycles. The van der Waals surface area contributed by atoms with Crippen molar-refractivity contribution in [1.82, 2.24) is 9.80 Å². The molecule has 2 aliphatic heterocycles. The number of rotatable bonds is 3. The van der Waals surface area contributed by atoms with Crippen molar-refractivity contribution in [3.63, 3.8) is 0 Å². The van der Waals surface area contributed by atoms with Crippen molar-refractivity contribution >= 4 is 11.8 Å². The molecule has 0 aliphatic carbocycles. The Balaban J connectivity index is 1.65. The maximum atomic E-state index is 11.0. The predicted molar refractivity (Wildman–Crippen MR) is 92.1 cm³/mol. The fraction of sp³-hybridized carbons (Fsp3) is 0.611. The van der Waals surface area contributed by atoms with Crippen LogP contribution in [0.4, 0.5) is 10.5 Å². The van der Waals surface area contributed by atoms with Gasteiger partial charge in [-0.2, -0.15) is 0 Å². The highest BCUT2D eigenvalue weighted by Gasteiger charge is 2.21. The van der Waals surface area contributed by atoms with Gasteiger partial charge < -0.3 is 14.9 Å². The molecule has 2 fully saturated rings. The zero-order valence-corrected chi connectivity index (χ0v) is 14.0. The molecule has 1 aromatic carbocycles. The Hall–Kier alpha value is -1.75. The van der Waals surface area contributed by atoms with E-state index in [4.69, 9.17) is 5.11 Å². The van der Waals surface area contributed by atoms with Crippen LogP contribution in [0.5, 0.6) is 0 Å². The monoisotopic (exact) mass is 317 g/mol. The number of anilines is 1. The Bertz CT molecular complexity index is 547. The number of carboxylic acid groups (broad SMARTS) is 1. The first-order chi connectivity index (χ1) is 11.1. The van der Waals surface area contributed by atoms with E-state index in [1.807, 2.05) is 0 Å². The van der Waals surface area contributed by atoms with Crippen molar-refractivity contribution in [2.75, 3.05) is 44.2 Å². The zero-order valence-electron chi connectivity index (χ0n) is 14.0. The molecular weight excluding hydrogens is 290 g/mol. The van der Waals surface area contributed by atoms with Gasteiger partial charge in [-0.3, -0.25) is 4.90 Å². The quantitative estimate of drug-likeness (QED) is 0.931. The highest BCUT2D eigenvalue weighted by atomic mass is 16.4. The number of piperazine rings is 1. The second-order valence-corrected chi connectivity index (χ2v) is 6.65. The molecule has 0 aromatic heterocycles. The van der Waals surface area contributed by atoms with Crippen molar-refractivity contribution in [3.05, 3.63) is 29.3 Å². The number of amides is 1. The molecule has 2 heterocycles. The van der Waals surface area contributed by atoms with E-state index < -0.39 is 6.09 Å². The van der Waals surface area contributed by atoms with Gasteiger partial charge in [0.2, 0.25) is 0 Å². The molecule has 0 atom stereocenters. The summed E-state index contributed by atoms with van der Waals surface area (Å²) in [6, 6.07) is 6.62. The van der Waals surface area contributed by atoms with Crippen LogP contribution in [0.25, 0.3) is 0 Å². The molecule has 1 N–H and O–H groups in total. The lowest BCUT2D eigenvalue weighted by Gasteiger charge is -2.34. The molecule has 1 aromatic rings. The van der Waals surface area contributed by atoms with Gasteiger partial charge >= 0.3 is 6.09 Å². The Kier molecular flexibility index (Phi) is 5.06. The van der Waals surface area contributed by atoms with Crippen LogP contribution in [0.3, 0.4) is 0 Å². The van der Waals surface area contributed by atoms with Crippen LogP contribution < -0.4 is 4.90 Å². The average Bonchev–Trinajstić information content (AvgIpc) is 2.58. The Morgan fingerprint density at radius 3 is 2.39 bits per heavy atom. The summed E-state index contributed by atoms with van der Waals surface area (Å²) >= 11 is 0. The molecule has 126 valence electrons. The number of hydrogen-bond donors (Lipinski definition) is 1. The number of piperidine rings is 1. The van der Waals surface area contributed by atoms with Gasteiger partial charge in [0, 0.05) is 51.5 Å². The fourth-order valence-electron chi connectivity index (χ4n) is 3.66. The molecule has 3 rings (SSSR count). The average molecular weight is 317 g/mol. The van der Waals surface area contributed by atoms with Crippen molar-refractivity contribution in [3.8, 4) is 0 Å². The Morgan fingerprint density at radius 1 is 1.04 bits per heavy atom. The third-order valence-corrected chi connectivity index (χ3v) is 5.15. The summed E-state index contributed by atoms with van der Waals surface area (Å²) in [5, 5.41) is 9.04. The van der Waals surface area contributed by atoms with E-state index in [1.165, 1.54) is 54.1 Å². The second-order valence-electron chi connectivity index (χ2n) is 6.65. The number of hydrogen-bond acceptors (Lipinski definition) is 3. The lowest BCUT2D eigenvalue weighted by Crippen LogP contribution is -2.47. The molecule has 0 saturated carbocycles. The molecule has 1 amide bonds. The van der Waals surface area contributed by atoms with Gasteiger partial charge in [-0.25, -0.2) is 4.79 Å². The molecule has 0 bridgehead atoms. The predicted octanol–water partition coefficient (Wildman–Crippen LogP) is 2.78. The first kappa shape index (κ1) is 16.1. The summed E-state index contributed by atoms with van der Waals surface area (Å²) in [6.07, 6.45) is 3.14. The highest BCUT2D eigenvalue weighted by molar-refractivity contribution is 5.65. The van der Waals surface area contributed by atoms with Crippen molar-refractivity contribution in [2.24, 2.45) is 0 Å². The van der Waals surface area contributed by atoms with Gasteiger partial charge in [-0.05, 0) is 43.4 Å². The van der Waals surface area contributed by atoms with Gasteiger partial charge in [-0.15, -0.1) is 0 Å². The highest BCUT2D eigenvalue weighted by Crippen LogP contribution is 2.27. The number of benzene rings is 1. The number of nitrogens with zero attached hydrogens (tertiary/aromatic N) is 3. The van der Waals surface area contributed by atoms with Crippen molar-refractivity contribution in [1.29, 1.82) is 0 Å². The van der Waals surface area contributed by atoms with Crippen LogP contribution in [0, 0.1) is 6.92 Å². The van der Waals surface area contributed by atoms with Crippen LogP contribution >= 0.6 is 0 Å². The smallest absolute Gasteiger partial charge is 0.407 e. The van der Waals surface area contributed by atoms with Crippen LogP contribution in [0.2, 0.25) is 0 Å². The molecule has 2 aliphatic rings. The van der Waals surface area contributed by atoms with E-state index in [0.29, 0.717) is 13.1 Å². The maximum absolute atomic E-state index is 11.0. The van der Waals surface area contributed by atoms with Gasteiger partial charge in [0.1, 0.15) is 0 Å². The van der Waals surface area contributed by atoms with Gasteiger partial charge in [0.25, 0.3) is 0 Å². The van der Waals surface area contributed by atoms with Gasteiger partial charge in [-0.1, -0.05) is 12.1 Å². The standard InChI is InChI=1S/C18H27N3O2/c1-15-16(14-19-10-12-21(13-11-19)18(22)23)6-5-7-17(15)20-8-3-2-4-9-20/h5-7H,2-4,8-14H2,1H3,(H,22,23). The summed E-state index contributed by atoms with van der Waals surface area (Å²) in [5.41, 5.74) is 4.14. The summed E-state index contributed by atoms with van der Waals surface area (Å²) in [4.78, 5) is 17.4. The Labute approximate surface area is 138 Å². The lowest BCUT2D eigenvalue weighted by atomic mass is 10.0. The molecule has 5 heteroatoms. The van der Waals surface area contributed by atoms with E-state index in [1.54, 1.807) is 0 Å². The van der Waals surface area contributed by atoms with Crippen molar-refractivity contribution in [2.45, 2.75) is 32.7 Å². The van der Waals surface area contributed by atoms with E-state index >= 15 is 0 Å². The molecular formula is C18H27N3O2. The first-order valence-electron chi connectivity index (χ1n) is 8.69. The minimum atomic E-state index is -0.798. The maximum Gasteiger partial charge on any atom is 0.407 e. The van der Waals surface area contributed by atoms with E-state index in [-0.39, 0.29) is 0 Å². The normalized spacial score (nSPS) is 19.9. The molecule has 23 heavy (non-hydrogen) atoms. The van der Waals surface area contributed by atoms with Crippen LogP contribution in [0.15, 0.2) is 18.2 Å². The molecule has 0 spiro atoms. The minimum absolute atomic E-state index is 0.611. The Morgan fingerprint density at radius 2 is 1.74 bits per heavy atom. The summed E-state index contributed by atoms with van der Waals surface area (Å²) in [5.74, 6) is 0. The summed E-state index contributed by atoms with van der Waals surface area (Å²) in [6.45, 7) is 8.34. The van der Waals surface area contributed by atoms with E-state index in [2.05, 4.69) is 34.9 Å². The van der Waals surface area contributed by atoms with Crippen LogP contribution in [-0.4, -0.2) is 60.3 Å². The van der Waals surface area contributed by atoms with Gasteiger partial charge in [0.15, 0.2) is 0 Å². The lowest BCUT2D eigenvalue weighted by molar-refractivity contribution is 0.103. The SMILES string of the molecule is Cc1c(CN2CCN(C(=O)O)CC2)cccc1N1CCCCC1.